The van der Waals surface area contributed by atoms with Gasteiger partial charge in [-0.1, -0.05) is 18.2 Å². The molecule has 120 valence electrons. The summed E-state index contributed by atoms with van der Waals surface area (Å²) in [5, 5.41) is 4.31. The van der Waals surface area contributed by atoms with Crippen molar-refractivity contribution in [2.75, 3.05) is 7.05 Å². The maximum Gasteiger partial charge on any atom is 0.262 e. The lowest BCUT2D eigenvalue weighted by Crippen LogP contribution is -2.26. The highest BCUT2D eigenvalue weighted by atomic mass is 32.2. The summed E-state index contributed by atoms with van der Waals surface area (Å²) in [6.45, 7) is 0.228. The van der Waals surface area contributed by atoms with Crippen LogP contribution in [0, 0.1) is 0 Å². The standard InChI is InChI=1S/C15H17N5O2S/c1-18-11-15(16-12-18)23(21,22)19(2)9-13-8-17-20(10-13)14-6-4-3-5-7-14/h3-8,10-12H,9H2,1-2H3. The number of rotatable bonds is 5. The van der Waals surface area contributed by atoms with Gasteiger partial charge in [-0.25, -0.2) is 18.1 Å². The van der Waals surface area contributed by atoms with Crippen molar-refractivity contribution in [3.63, 3.8) is 0 Å². The Labute approximate surface area is 134 Å². The third-order valence-electron chi connectivity index (χ3n) is 3.42. The summed E-state index contributed by atoms with van der Waals surface area (Å²) >= 11 is 0. The van der Waals surface area contributed by atoms with E-state index in [9.17, 15) is 8.42 Å². The van der Waals surface area contributed by atoms with Crippen LogP contribution in [0.15, 0.2) is 60.3 Å². The first-order valence-corrected chi connectivity index (χ1v) is 8.44. The van der Waals surface area contributed by atoms with Crippen molar-refractivity contribution in [3.05, 3.63) is 60.8 Å². The predicted molar refractivity (Wildman–Crippen MR) is 85.4 cm³/mol. The van der Waals surface area contributed by atoms with Crippen molar-refractivity contribution in [2.24, 2.45) is 7.05 Å². The van der Waals surface area contributed by atoms with E-state index in [1.54, 1.807) is 22.5 Å². The van der Waals surface area contributed by atoms with E-state index in [0.29, 0.717) is 0 Å². The molecule has 0 atom stereocenters. The molecule has 0 saturated carbocycles. The summed E-state index contributed by atoms with van der Waals surface area (Å²) in [6.07, 6.45) is 6.44. The number of aromatic nitrogens is 4. The largest absolute Gasteiger partial charge is 0.339 e. The molecule has 0 saturated heterocycles. The van der Waals surface area contributed by atoms with Crippen molar-refractivity contribution < 1.29 is 8.42 Å². The second-order valence-electron chi connectivity index (χ2n) is 5.27. The first kappa shape index (κ1) is 15.4. The molecule has 3 aromatic rings. The van der Waals surface area contributed by atoms with E-state index in [4.69, 9.17) is 0 Å². The molecule has 0 aliphatic carbocycles. The first-order valence-electron chi connectivity index (χ1n) is 7.00. The minimum Gasteiger partial charge on any atom is -0.339 e. The summed E-state index contributed by atoms with van der Waals surface area (Å²) in [4.78, 5) is 3.92. The van der Waals surface area contributed by atoms with Gasteiger partial charge in [0.25, 0.3) is 10.0 Å². The molecule has 0 aliphatic heterocycles. The lowest BCUT2D eigenvalue weighted by molar-refractivity contribution is 0.464. The van der Waals surface area contributed by atoms with E-state index in [1.165, 1.54) is 23.9 Å². The smallest absolute Gasteiger partial charge is 0.262 e. The number of para-hydroxylation sites is 1. The van der Waals surface area contributed by atoms with Crippen molar-refractivity contribution in [3.8, 4) is 5.69 Å². The monoisotopic (exact) mass is 331 g/mol. The molecule has 0 radical (unpaired) electrons. The molecule has 23 heavy (non-hydrogen) atoms. The van der Waals surface area contributed by atoms with Gasteiger partial charge in [0.2, 0.25) is 0 Å². The van der Waals surface area contributed by atoms with Crippen LogP contribution in [-0.2, 0) is 23.6 Å². The normalized spacial score (nSPS) is 12.0. The fourth-order valence-corrected chi connectivity index (χ4v) is 3.31. The number of benzene rings is 1. The van der Waals surface area contributed by atoms with E-state index in [1.807, 2.05) is 36.5 Å². The summed E-state index contributed by atoms with van der Waals surface area (Å²) in [5.41, 5.74) is 1.73. The van der Waals surface area contributed by atoms with Gasteiger partial charge < -0.3 is 4.57 Å². The van der Waals surface area contributed by atoms with Gasteiger partial charge in [0.05, 0.1) is 18.2 Å². The van der Waals surface area contributed by atoms with Gasteiger partial charge in [0.1, 0.15) is 0 Å². The van der Waals surface area contributed by atoms with Crippen molar-refractivity contribution in [2.45, 2.75) is 11.6 Å². The highest BCUT2D eigenvalue weighted by molar-refractivity contribution is 7.89. The predicted octanol–water partition coefficient (Wildman–Crippen LogP) is 1.43. The van der Waals surface area contributed by atoms with Gasteiger partial charge in [-0.3, -0.25) is 0 Å². The van der Waals surface area contributed by atoms with E-state index < -0.39 is 10.0 Å². The molecule has 3 rings (SSSR count). The van der Waals surface area contributed by atoms with Crippen LogP contribution in [0.25, 0.3) is 5.69 Å². The van der Waals surface area contributed by atoms with Gasteiger partial charge in [0.15, 0.2) is 5.03 Å². The second kappa shape index (κ2) is 5.98. The van der Waals surface area contributed by atoms with E-state index >= 15 is 0 Å². The topological polar surface area (TPSA) is 73.0 Å². The number of sulfonamides is 1. The van der Waals surface area contributed by atoms with Gasteiger partial charge in [0, 0.05) is 38.6 Å². The Balaban J connectivity index is 1.78. The second-order valence-corrected chi connectivity index (χ2v) is 7.26. The fraction of sp³-hybridized carbons (Fsp3) is 0.200. The molecular weight excluding hydrogens is 314 g/mol. The van der Waals surface area contributed by atoms with Crippen LogP contribution in [0.4, 0.5) is 0 Å². The minimum absolute atomic E-state index is 0.0398. The van der Waals surface area contributed by atoms with Crippen LogP contribution in [0.1, 0.15) is 5.56 Å². The van der Waals surface area contributed by atoms with Crippen LogP contribution in [-0.4, -0.2) is 39.1 Å². The summed E-state index contributed by atoms with van der Waals surface area (Å²) in [6, 6.07) is 9.65. The molecular formula is C15H17N5O2S. The zero-order valence-electron chi connectivity index (χ0n) is 12.9. The fourth-order valence-electron chi connectivity index (χ4n) is 2.19. The van der Waals surface area contributed by atoms with Crippen LogP contribution in [0.2, 0.25) is 0 Å². The summed E-state index contributed by atoms with van der Waals surface area (Å²) < 4.78 is 29.5. The number of imidazole rings is 1. The highest BCUT2D eigenvalue weighted by Crippen LogP contribution is 2.15. The Kier molecular flexibility index (Phi) is 4.01. The maximum absolute atomic E-state index is 12.4. The average Bonchev–Trinajstić information content (AvgIpc) is 3.17. The Morgan fingerprint density at radius 1 is 1.17 bits per heavy atom. The van der Waals surface area contributed by atoms with Crippen LogP contribution in [0.3, 0.4) is 0 Å². The minimum atomic E-state index is -3.61. The highest BCUT2D eigenvalue weighted by Gasteiger charge is 2.23. The van der Waals surface area contributed by atoms with E-state index in [-0.39, 0.29) is 11.6 Å². The van der Waals surface area contributed by atoms with Crippen LogP contribution < -0.4 is 0 Å². The lowest BCUT2D eigenvalue weighted by Gasteiger charge is -2.14. The Morgan fingerprint density at radius 2 is 1.91 bits per heavy atom. The SMILES string of the molecule is CN(Cc1cnn(-c2ccccc2)c1)S(=O)(=O)c1cn(C)cn1. The van der Waals surface area contributed by atoms with Gasteiger partial charge in [-0.15, -0.1) is 0 Å². The van der Waals surface area contributed by atoms with E-state index in [2.05, 4.69) is 10.1 Å². The van der Waals surface area contributed by atoms with Gasteiger partial charge >= 0.3 is 0 Å². The molecule has 0 amide bonds. The third-order valence-corrected chi connectivity index (χ3v) is 5.11. The van der Waals surface area contributed by atoms with Crippen LogP contribution in [0.5, 0.6) is 0 Å². The third kappa shape index (κ3) is 3.17. The van der Waals surface area contributed by atoms with Gasteiger partial charge in [-0.2, -0.15) is 9.40 Å². The van der Waals surface area contributed by atoms with Crippen LogP contribution >= 0.6 is 0 Å². The molecule has 7 nitrogen and oxygen atoms in total. The zero-order valence-corrected chi connectivity index (χ0v) is 13.7. The average molecular weight is 331 g/mol. The first-order chi connectivity index (χ1) is 11.0. The number of nitrogens with zero attached hydrogens (tertiary/aromatic N) is 5. The summed E-state index contributed by atoms with van der Waals surface area (Å²) in [7, 11) is -0.344. The molecule has 2 heterocycles. The zero-order chi connectivity index (χ0) is 16.4. The molecule has 0 N–H and O–H groups in total. The number of aryl methyl sites for hydroxylation is 1. The van der Waals surface area contributed by atoms with Crippen molar-refractivity contribution in [1.82, 2.24) is 23.6 Å². The van der Waals surface area contributed by atoms with Gasteiger partial charge in [-0.05, 0) is 12.1 Å². The van der Waals surface area contributed by atoms with E-state index in [0.717, 1.165) is 11.3 Å². The Morgan fingerprint density at radius 3 is 2.57 bits per heavy atom. The molecule has 2 aromatic heterocycles. The van der Waals surface area contributed by atoms with Crippen molar-refractivity contribution >= 4 is 10.0 Å². The Bertz CT molecular complexity index is 899. The molecule has 0 aliphatic rings. The van der Waals surface area contributed by atoms with Crippen molar-refractivity contribution in [1.29, 1.82) is 0 Å². The molecule has 8 heteroatoms. The number of hydrogen-bond acceptors (Lipinski definition) is 4. The molecule has 0 fully saturated rings. The molecule has 1 aromatic carbocycles. The molecule has 0 unspecified atom stereocenters. The molecule has 0 bridgehead atoms. The lowest BCUT2D eigenvalue weighted by atomic mass is 10.3. The summed E-state index contributed by atoms with van der Waals surface area (Å²) in [5.74, 6) is 0. The number of hydrogen-bond donors (Lipinski definition) is 0. The maximum atomic E-state index is 12.4. The Hall–Kier alpha value is -2.45. The molecule has 0 spiro atoms. The quantitative estimate of drug-likeness (QED) is 0.709.